The van der Waals surface area contributed by atoms with Crippen molar-refractivity contribution >= 4 is 5.69 Å². The topological polar surface area (TPSA) is 42.7 Å². The predicted molar refractivity (Wildman–Crippen MR) is 80.9 cm³/mol. The molecule has 1 saturated carbocycles. The minimum atomic E-state index is 0.606. The third kappa shape index (κ3) is 2.84. The van der Waals surface area contributed by atoms with Crippen LogP contribution in [0.1, 0.15) is 33.1 Å². The van der Waals surface area contributed by atoms with Crippen molar-refractivity contribution in [2.24, 2.45) is 11.8 Å². The van der Waals surface area contributed by atoms with Crippen LogP contribution in [0, 0.1) is 11.8 Å². The predicted octanol–water partition coefficient (Wildman–Crippen LogP) is 3.50. The van der Waals surface area contributed by atoms with Gasteiger partial charge in [0, 0.05) is 11.7 Å². The molecule has 106 valence electrons. The second kappa shape index (κ2) is 5.65. The highest BCUT2D eigenvalue weighted by atomic mass is 15.5. The normalized spacial score (nSPS) is 26.4. The first-order valence-corrected chi connectivity index (χ1v) is 7.45. The molecule has 1 N–H and O–H groups in total. The molecule has 0 radical (unpaired) electrons. The summed E-state index contributed by atoms with van der Waals surface area (Å²) in [5.41, 5.74) is 2.18. The van der Waals surface area contributed by atoms with Crippen molar-refractivity contribution in [1.29, 1.82) is 0 Å². The molecule has 1 heterocycles. The highest BCUT2D eigenvalue weighted by Crippen LogP contribution is 2.31. The Morgan fingerprint density at radius 3 is 2.35 bits per heavy atom. The summed E-state index contributed by atoms with van der Waals surface area (Å²) in [6.07, 6.45) is 7.25. The van der Waals surface area contributed by atoms with Crippen LogP contribution in [0.25, 0.3) is 5.69 Å². The van der Waals surface area contributed by atoms with E-state index in [0.29, 0.717) is 6.04 Å². The molecule has 0 bridgehead atoms. The maximum absolute atomic E-state index is 4.14. The number of aromatic nitrogens is 3. The molecule has 1 aliphatic carbocycles. The monoisotopic (exact) mass is 270 g/mol. The van der Waals surface area contributed by atoms with Gasteiger partial charge in [0.2, 0.25) is 0 Å². The van der Waals surface area contributed by atoms with Crippen LogP contribution in [0.3, 0.4) is 0 Å². The lowest BCUT2D eigenvalue weighted by Gasteiger charge is -2.33. The van der Waals surface area contributed by atoms with Crippen molar-refractivity contribution in [2.75, 3.05) is 5.32 Å². The Kier molecular flexibility index (Phi) is 3.72. The van der Waals surface area contributed by atoms with Crippen LogP contribution in [0.4, 0.5) is 5.69 Å². The zero-order valence-corrected chi connectivity index (χ0v) is 12.2. The molecule has 1 fully saturated rings. The van der Waals surface area contributed by atoms with Gasteiger partial charge in [-0.05, 0) is 55.4 Å². The first-order chi connectivity index (χ1) is 9.72. The van der Waals surface area contributed by atoms with E-state index in [1.165, 1.54) is 24.9 Å². The molecule has 4 nitrogen and oxygen atoms in total. The number of rotatable bonds is 3. The van der Waals surface area contributed by atoms with Gasteiger partial charge in [0.05, 0.1) is 18.1 Å². The van der Waals surface area contributed by atoms with Gasteiger partial charge in [-0.15, -0.1) is 0 Å². The highest BCUT2D eigenvalue weighted by Gasteiger charge is 2.24. The molecule has 3 unspecified atom stereocenters. The number of benzene rings is 1. The van der Waals surface area contributed by atoms with E-state index in [0.717, 1.165) is 17.5 Å². The minimum absolute atomic E-state index is 0.606. The molecule has 3 atom stereocenters. The van der Waals surface area contributed by atoms with Crippen molar-refractivity contribution in [1.82, 2.24) is 15.0 Å². The van der Waals surface area contributed by atoms with Crippen LogP contribution in [-0.2, 0) is 0 Å². The van der Waals surface area contributed by atoms with Crippen LogP contribution in [0.2, 0.25) is 0 Å². The Morgan fingerprint density at radius 2 is 1.70 bits per heavy atom. The van der Waals surface area contributed by atoms with Gasteiger partial charge in [0.25, 0.3) is 0 Å². The standard InChI is InChI=1S/C16H22N4/c1-12-3-4-15(11-13(12)2)19-14-5-7-16(8-6-14)20-17-9-10-18-20/h5-10,12-13,15,19H,3-4,11H2,1-2H3. The largest absolute Gasteiger partial charge is 0.382 e. The molecule has 0 saturated heterocycles. The molecular weight excluding hydrogens is 248 g/mol. The average molecular weight is 270 g/mol. The zero-order chi connectivity index (χ0) is 13.9. The molecule has 1 aliphatic rings. The average Bonchev–Trinajstić information content (AvgIpc) is 2.98. The first-order valence-electron chi connectivity index (χ1n) is 7.45. The van der Waals surface area contributed by atoms with Crippen LogP contribution < -0.4 is 5.32 Å². The summed E-state index contributed by atoms with van der Waals surface area (Å²) in [7, 11) is 0. The maximum atomic E-state index is 4.14. The van der Waals surface area contributed by atoms with E-state index < -0.39 is 0 Å². The fraction of sp³-hybridized carbons (Fsp3) is 0.500. The van der Waals surface area contributed by atoms with Gasteiger partial charge in [-0.1, -0.05) is 13.8 Å². The summed E-state index contributed by atoms with van der Waals surface area (Å²) in [6.45, 7) is 4.73. The van der Waals surface area contributed by atoms with E-state index in [9.17, 15) is 0 Å². The van der Waals surface area contributed by atoms with E-state index in [1.807, 2.05) is 0 Å². The Labute approximate surface area is 120 Å². The molecule has 1 aromatic carbocycles. The molecule has 0 spiro atoms. The fourth-order valence-corrected chi connectivity index (χ4v) is 2.95. The molecule has 4 heteroatoms. The van der Waals surface area contributed by atoms with Gasteiger partial charge >= 0.3 is 0 Å². The molecule has 20 heavy (non-hydrogen) atoms. The van der Waals surface area contributed by atoms with Crippen molar-refractivity contribution in [3.8, 4) is 5.69 Å². The number of nitrogens with one attached hydrogen (secondary N) is 1. The Morgan fingerprint density at radius 1 is 1.00 bits per heavy atom. The van der Waals surface area contributed by atoms with Crippen molar-refractivity contribution in [3.05, 3.63) is 36.7 Å². The van der Waals surface area contributed by atoms with Crippen LogP contribution in [-0.4, -0.2) is 21.0 Å². The molecule has 2 aromatic rings. The summed E-state index contributed by atoms with van der Waals surface area (Å²) in [5.74, 6) is 1.68. The van der Waals surface area contributed by atoms with Crippen molar-refractivity contribution in [3.63, 3.8) is 0 Å². The number of nitrogens with zero attached hydrogens (tertiary/aromatic N) is 3. The molecule has 0 amide bonds. The number of hydrogen-bond acceptors (Lipinski definition) is 3. The Balaban J connectivity index is 1.64. The molecule has 0 aliphatic heterocycles. The quantitative estimate of drug-likeness (QED) is 0.928. The molecular formula is C16H22N4. The summed E-state index contributed by atoms with van der Waals surface area (Å²) in [6, 6.07) is 8.94. The Bertz CT molecular complexity index is 532. The maximum Gasteiger partial charge on any atom is 0.0858 e. The van der Waals surface area contributed by atoms with Gasteiger partial charge in [-0.3, -0.25) is 0 Å². The summed E-state index contributed by atoms with van der Waals surface area (Å²) >= 11 is 0. The molecule has 3 rings (SSSR count). The molecule has 1 aromatic heterocycles. The number of hydrogen-bond donors (Lipinski definition) is 1. The zero-order valence-electron chi connectivity index (χ0n) is 12.2. The lowest BCUT2D eigenvalue weighted by atomic mass is 9.79. The van der Waals surface area contributed by atoms with Gasteiger partial charge in [-0.2, -0.15) is 15.0 Å². The van der Waals surface area contributed by atoms with E-state index in [2.05, 4.69) is 53.6 Å². The van der Waals surface area contributed by atoms with Gasteiger partial charge in [0.15, 0.2) is 0 Å². The van der Waals surface area contributed by atoms with Gasteiger partial charge in [0.1, 0.15) is 0 Å². The van der Waals surface area contributed by atoms with E-state index >= 15 is 0 Å². The smallest absolute Gasteiger partial charge is 0.0858 e. The third-order valence-corrected chi connectivity index (χ3v) is 4.49. The third-order valence-electron chi connectivity index (χ3n) is 4.49. The van der Waals surface area contributed by atoms with Gasteiger partial charge < -0.3 is 5.32 Å². The minimum Gasteiger partial charge on any atom is -0.382 e. The summed E-state index contributed by atoms with van der Waals surface area (Å²) in [5, 5.41) is 11.9. The van der Waals surface area contributed by atoms with Gasteiger partial charge in [-0.25, -0.2) is 0 Å². The van der Waals surface area contributed by atoms with Crippen LogP contribution in [0.15, 0.2) is 36.7 Å². The SMILES string of the molecule is CC1CCC(Nc2ccc(-n3nccn3)cc2)CC1C. The second-order valence-electron chi connectivity index (χ2n) is 5.97. The van der Waals surface area contributed by atoms with Crippen LogP contribution >= 0.6 is 0 Å². The van der Waals surface area contributed by atoms with Crippen molar-refractivity contribution in [2.45, 2.75) is 39.2 Å². The van der Waals surface area contributed by atoms with Crippen molar-refractivity contribution < 1.29 is 0 Å². The lowest BCUT2D eigenvalue weighted by Crippen LogP contribution is -2.30. The first kappa shape index (κ1) is 13.2. The highest BCUT2D eigenvalue weighted by molar-refractivity contribution is 5.48. The number of anilines is 1. The fourth-order valence-electron chi connectivity index (χ4n) is 2.95. The Hall–Kier alpha value is -1.84. The second-order valence-corrected chi connectivity index (χ2v) is 5.97. The van der Waals surface area contributed by atoms with E-state index in [1.54, 1.807) is 17.2 Å². The van der Waals surface area contributed by atoms with Crippen LogP contribution in [0.5, 0.6) is 0 Å². The summed E-state index contributed by atoms with van der Waals surface area (Å²) in [4.78, 5) is 1.63. The van der Waals surface area contributed by atoms with E-state index in [-0.39, 0.29) is 0 Å². The lowest BCUT2D eigenvalue weighted by molar-refractivity contribution is 0.261. The summed E-state index contributed by atoms with van der Waals surface area (Å²) < 4.78 is 0. The van der Waals surface area contributed by atoms with E-state index in [4.69, 9.17) is 0 Å².